The molecule has 33 nitrogen and oxygen atoms in total. The fourth-order valence-electron chi connectivity index (χ4n) is 14.3. The number of amides is 1. The number of fused-ring (bicyclic) bond motifs is 5. The molecule has 3 fully saturated rings. The normalized spacial score (nSPS) is 14.6. The number of methoxy groups -OCH3 is 6. The molecule has 7 aromatic carbocycles. The molecule has 16 aromatic rings. The number of aromatic nitrogens is 9. The van der Waals surface area contributed by atoms with Gasteiger partial charge in [-0.15, -0.1) is 0 Å². The number of ether oxygens (including phenoxy) is 6. The number of aryl methyl sites for hydroxylation is 2. The van der Waals surface area contributed by atoms with Gasteiger partial charge in [0.1, 0.15) is 22.3 Å². The number of rotatable bonds is 20. The highest BCUT2D eigenvalue weighted by Crippen LogP contribution is 2.45. The average molecular weight is 2180 g/mol. The van der Waals surface area contributed by atoms with Crippen molar-refractivity contribution in [1.82, 2.24) is 50.2 Å². The lowest BCUT2D eigenvalue weighted by Crippen LogP contribution is -2.41. The minimum atomic E-state index is -1.08. The van der Waals surface area contributed by atoms with E-state index in [1.54, 1.807) is 43.0 Å². The van der Waals surface area contributed by atoms with Gasteiger partial charge in [0.25, 0.3) is 5.91 Å². The zero-order valence-electron chi connectivity index (χ0n) is 82.8. The standard InChI is InChI=1S/C23H22N4O2S.C15H13N3O3S.C14H11N3O3S.C13H17BN2O2S.C12H24B2O4.C9H13N.C8H8BrNO3.C7H5BrN2S/c1-29-22-18(21(28)25-11-5-8-15-6-3-2-4-7-15)12-17(14-26-22)16-9-10-19-20(13-16)30-23(24)27-19;1-20-13-10(14(19)21-2)5-9(7-17-13)8-3-4-11-12(6-8)22-15(16)18-11;1-20-12-9(13(18)19)4-8(6-16-12)7-2-3-10-11(5-7)21-14(15)17-10;1-12(2)13(3,4)18-14(17-12)8-5-6-9-10(7-8)19-11(15)16-9;1-9(2)10(3,4)16-13(15-9)14-17-11(5,6)12(7,8)18-14;10-8-4-7-9-5-2-1-3-6-9;1-12-7-6(8(11)13-2)3-5(9)4-10-7;8-4-1-2-5-6(3-4)11-7(9)10-5/h2-4,6-7,9-10,12-14H,5,8,11H2,1H3,(H2,24,27)(H,25,28);3-7H,1-2H3,(H2,16,18);2-6H,1H3,(H2,15,17)(H,18,19);5-7H,1-4H3,(H2,15,16);1-8H3;1-3,5-6H,4,7-8,10H2;3-4H,1-2H3;1-3H,(H2,9,10). The summed E-state index contributed by atoms with van der Waals surface area (Å²) in [7, 11) is 7.15. The van der Waals surface area contributed by atoms with Crippen molar-refractivity contribution < 1.29 is 80.6 Å². The number of carboxylic acid groups (broad SMARTS) is 1. The molecule has 9 aromatic heterocycles. The number of thiazole rings is 5. The number of hydrogen-bond acceptors (Lipinski definition) is 36. The number of benzene rings is 7. The Bertz CT molecular complexity index is 7110. The molecular weight excluding hydrogens is 2060 g/mol. The molecular formula is C101H113B3Br2N16O17S5. The summed E-state index contributed by atoms with van der Waals surface area (Å²) < 4.78 is 72.3. The van der Waals surface area contributed by atoms with Crippen LogP contribution in [0.2, 0.25) is 0 Å². The summed E-state index contributed by atoms with van der Waals surface area (Å²) in [4.78, 5) is 84.5. The highest BCUT2D eigenvalue weighted by atomic mass is 79.9. The van der Waals surface area contributed by atoms with Crippen molar-refractivity contribution in [3.63, 3.8) is 0 Å². The Kier molecular flexibility index (Phi) is 37.2. The SMILES string of the molecule is CC1(C)OB(B2OC(C)(C)C(C)(C)O2)OC1(C)C.CC1(C)OB(c2ccc3nc(N)sc3c2)OC1(C)C.COC(=O)c1cc(-c2ccc3nc(N)sc3c2)cnc1OC.COC(=O)c1cc(Br)cnc1OC.COc1ncc(-c2ccc3nc(N)sc3c2)cc1C(=O)NCCCc1ccccc1.COc1ncc(-c2ccc3nc(N)sc3c2)cc1C(=O)O.NCCCc1ccccc1.Nc1nc2ccc(Br)cc2s1. The highest BCUT2D eigenvalue weighted by Gasteiger charge is 2.64. The zero-order valence-corrected chi connectivity index (χ0v) is 90.0. The van der Waals surface area contributed by atoms with Crippen LogP contribution >= 0.6 is 88.5 Å². The van der Waals surface area contributed by atoms with Crippen LogP contribution in [0.15, 0.2) is 210 Å². The predicted molar refractivity (Wildman–Crippen MR) is 584 cm³/mol. The number of nitrogen functional groups attached to an aromatic ring is 5. The smallest absolute Gasteiger partial charge is 0.480 e. The van der Waals surface area contributed by atoms with Crippen LogP contribution < -0.4 is 64.1 Å². The third-order valence-corrected chi connectivity index (χ3v) is 29.2. The number of nitrogens with zero attached hydrogens (tertiary/aromatic N) is 9. The summed E-state index contributed by atoms with van der Waals surface area (Å²) in [6, 6.07) is 56.5. The van der Waals surface area contributed by atoms with Crippen molar-refractivity contribution in [3.8, 4) is 56.9 Å². The van der Waals surface area contributed by atoms with Gasteiger partial charge in [0.2, 0.25) is 23.5 Å². The van der Waals surface area contributed by atoms with E-state index in [1.807, 2.05) is 177 Å². The van der Waals surface area contributed by atoms with E-state index in [1.165, 1.54) is 110 Å². The molecule has 0 unspecified atom stereocenters. The first-order valence-corrected chi connectivity index (χ1v) is 50.9. The van der Waals surface area contributed by atoms with Gasteiger partial charge in [-0.2, -0.15) is 0 Å². The fourth-order valence-corrected chi connectivity index (χ4v) is 19.0. The van der Waals surface area contributed by atoms with Crippen molar-refractivity contribution in [3.05, 3.63) is 243 Å². The van der Waals surface area contributed by atoms with Crippen LogP contribution in [0, 0.1) is 0 Å². The highest BCUT2D eigenvalue weighted by molar-refractivity contribution is 9.10. The second kappa shape index (κ2) is 48.5. The first kappa shape index (κ1) is 110. The van der Waals surface area contributed by atoms with Crippen LogP contribution in [0.3, 0.4) is 0 Å². The van der Waals surface area contributed by atoms with Gasteiger partial charge in [0, 0.05) is 57.0 Å². The minimum Gasteiger partial charge on any atom is -0.480 e. The number of esters is 2. The van der Waals surface area contributed by atoms with Crippen molar-refractivity contribution >= 4 is 216 Å². The Morgan fingerprint density at radius 1 is 0.368 bits per heavy atom. The lowest BCUT2D eigenvalue weighted by Gasteiger charge is -2.32. The largest absolute Gasteiger partial charge is 0.494 e. The Hall–Kier alpha value is -12.5. The first-order chi connectivity index (χ1) is 68.4. The molecule has 0 saturated carbocycles. The van der Waals surface area contributed by atoms with Crippen molar-refractivity contribution in [2.45, 2.75) is 142 Å². The molecule has 0 radical (unpaired) electrons. The summed E-state index contributed by atoms with van der Waals surface area (Å²) in [5, 5.41) is 14.9. The van der Waals surface area contributed by atoms with Gasteiger partial charge < -0.3 is 101 Å². The number of carbonyl (C=O) groups excluding carboxylic acids is 3. The number of carboxylic acids is 1. The molecule has 12 heterocycles. The monoisotopic (exact) mass is 2170 g/mol. The number of halogens is 2. The fraction of sp³-hybridized carbons (Fsp3) is 0.297. The summed E-state index contributed by atoms with van der Waals surface area (Å²) in [6.07, 6.45) is 10.4. The molecule has 0 spiro atoms. The van der Waals surface area contributed by atoms with Crippen molar-refractivity contribution in [2.24, 2.45) is 5.73 Å². The molecule has 0 aliphatic carbocycles. The van der Waals surface area contributed by atoms with E-state index in [2.05, 4.69) is 151 Å². The Labute approximate surface area is 872 Å². The van der Waals surface area contributed by atoms with E-state index in [-0.39, 0.29) is 75.4 Å². The lowest BCUT2D eigenvalue weighted by atomic mass is 9.49. The number of anilines is 5. The van der Waals surface area contributed by atoms with Gasteiger partial charge in [-0.3, -0.25) is 4.79 Å². The second-order valence-electron chi connectivity index (χ2n) is 35.5. The van der Waals surface area contributed by atoms with Crippen LogP contribution in [0.1, 0.15) is 148 Å². The number of hydrogen-bond donors (Lipinski definition) is 8. The minimum absolute atomic E-state index is 0.0268. The maximum atomic E-state index is 12.8. The van der Waals surface area contributed by atoms with Crippen molar-refractivity contribution in [2.75, 3.05) is 84.4 Å². The molecule has 1 amide bonds. The van der Waals surface area contributed by atoms with E-state index < -0.39 is 31.9 Å². The maximum Gasteiger partial charge on any atom is 0.494 e. The number of nitrogens with one attached hydrogen (secondary N) is 1. The summed E-state index contributed by atoms with van der Waals surface area (Å²) in [5.41, 5.74) is 45.9. The van der Waals surface area contributed by atoms with Crippen molar-refractivity contribution in [1.29, 1.82) is 0 Å². The van der Waals surface area contributed by atoms with Gasteiger partial charge in [-0.25, -0.2) is 59.2 Å². The molecule has 3 aliphatic heterocycles. The molecule has 19 rings (SSSR count). The molecule has 0 bridgehead atoms. The maximum absolute atomic E-state index is 12.8. The molecule has 14 N–H and O–H groups in total. The van der Waals surface area contributed by atoms with Crippen LogP contribution in [-0.4, -0.2) is 184 Å². The molecule has 0 atom stereocenters. The number of pyridine rings is 4. The summed E-state index contributed by atoms with van der Waals surface area (Å²) in [5.74, 6) is -1.34. The molecule has 3 aliphatic rings. The quantitative estimate of drug-likeness (QED) is 0.0200. The second-order valence-corrected chi connectivity index (χ2v) is 42.7. The number of carbonyl (C=O) groups is 4. The first-order valence-electron chi connectivity index (χ1n) is 45.2. The van der Waals surface area contributed by atoms with E-state index >= 15 is 0 Å². The van der Waals surface area contributed by atoms with E-state index in [4.69, 9.17) is 86.0 Å². The van der Waals surface area contributed by atoms with Crippen LogP contribution in [0.5, 0.6) is 23.5 Å². The molecule has 43 heteroatoms. The topological polar surface area (TPSA) is 483 Å². The van der Waals surface area contributed by atoms with Gasteiger partial charge >= 0.3 is 39.0 Å². The number of aromatic carboxylic acids is 1. The van der Waals surface area contributed by atoms with Crippen LogP contribution in [0.4, 0.5) is 25.7 Å². The Morgan fingerprint density at radius 3 is 1.06 bits per heavy atom. The van der Waals surface area contributed by atoms with Gasteiger partial charge in [0.05, 0.1) is 127 Å². The summed E-state index contributed by atoms with van der Waals surface area (Å²) in [6.45, 7) is 25.8. The van der Waals surface area contributed by atoms with E-state index in [0.717, 1.165) is 121 Å². The van der Waals surface area contributed by atoms with Crippen LogP contribution in [-0.2, 0) is 50.2 Å². The third kappa shape index (κ3) is 28.0. The van der Waals surface area contributed by atoms with Crippen LogP contribution in [0.25, 0.3) is 84.5 Å². The van der Waals surface area contributed by atoms with Gasteiger partial charge in [-0.1, -0.05) is 158 Å². The Balaban J connectivity index is 0.000000150. The van der Waals surface area contributed by atoms with Gasteiger partial charge in [0.15, 0.2) is 25.7 Å². The zero-order chi connectivity index (χ0) is 104. The third-order valence-electron chi connectivity index (χ3n) is 24.0. The Morgan fingerprint density at radius 2 is 0.688 bits per heavy atom. The number of nitrogens with two attached hydrogens (primary N) is 6. The molecule has 144 heavy (non-hydrogen) atoms. The lowest BCUT2D eigenvalue weighted by molar-refractivity contribution is 0.00578. The summed E-state index contributed by atoms with van der Waals surface area (Å²) >= 11 is 13.8. The van der Waals surface area contributed by atoms with E-state index in [9.17, 15) is 24.3 Å². The molecule has 752 valence electrons. The predicted octanol–water partition coefficient (Wildman–Crippen LogP) is 20.0. The average Bonchev–Trinajstić information content (AvgIpc) is 1.59. The van der Waals surface area contributed by atoms with E-state index in [0.29, 0.717) is 59.2 Å². The van der Waals surface area contributed by atoms with Gasteiger partial charge in [-0.05, 0) is 256 Å². The molecule has 3 saturated heterocycles.